The van der Waals surface area contributed by atoms with Gasteiger partial charge in [-0.05, 0) is 65.1 Å². The zero-order valence-corrected chi connectivity index (χ0v) is 11.8. The van der Waals surface area contributed by atoms with Crippen LogP contribution in [0.1, 0.15) is 0 Å². The topological polar surface area (TPSA) is 34.0 Å². The molecule has 0 aromatic heterocycles. The molecule has 2 aromatic carbocycles. The highest BCUT2D eigenvalue weighted by Crippen LogP contribution is 2.27. The van der Waals surface area contributed by atoms with Crippen LogP contribution in [0.3, 0.4) is 0 Å². The van der Waals surface area contributed by atoms with Gasteiger partial charge in [-0.15, -0.1) is 5.11 Å². The van der Waals surface area contributed by atoms with Gasteiger partial charge in [0.05, 0.1) is 18.5 Å². The summed E-state index contributed by atoms with van der Waals surface area (Å²) < 4.78 is 18.8. The van der Waals surface area contributed by atoms with Crippen LogP contribution in [0.25, 0.3) is 0 Å². The highest BCUT2D eigenvalue weighted by Gasteiger charge is 2.00. The predicted molar refractivity (Wildman–Crippen MR) is 76.3 cm³/mol. The Kier molecular flexibility index (Phi) is 4.24. The molecule has 0 amide bonds. The summed E-state index contributed by atoms with van der Waals surface area (Å²) in [5, 5.41) is 8.17. The molecule has 2 rings (SSSR count). The first-order valence-corrected chi connectivity index (χ1v) is 6.28. The van der Waals surface area contributed by atoms with E-state index in [2.05, 4.69) is 32.8 Å². The standard InChI is InChI=1S/C13H10FIN2O/c1-18-11-6-7-13(12(15)8-11)17-16-10-4-2-9(14)3-5-10/h2-8H,1H3. The molecule has 92 valence electrons. The Morgan fingerprint density at radius 2 is 1.78 bits per heavy atom. The summed E-state index contributed by atoms with van der Waals surface area (Å²) in [5.41, 5.74) is 1.36. The second-order valence-corrected chi connectivity index (χ2v) is 4.66. The summed E-state index contributed by atoms with van der Waals surface area (Å²) in [6.07, 6.45) is 0. The van der Waals surface area contributed by atoms with Crippen LogP contribution in [0.2, 0.25) is 0 Å². The number of benzene rings is 2. The molecule has 0 saturated carbocycles. The summed E-state index contributed by atoms with van der Waals surface area (Å²) >= 11 is 2.16. The van der Waals surface area contributed by atoms with Gasteiger partial charge in [-0.3, -0.25) is 0 Å². The minimum absolute atomic E-state index is 0.284. The van der Waals surface area contributed by atoms with E-state index in [1.807, 2.05) is 18.2 Å². The minimum Gasteiger partial charge on any atom is -0.497 e. The molecule has 0 aliphatic heterocycles. The summed E-state index contributed by atoms with van der Waals surface area (Å²) in [4.78, 5) is 0. The Labute approximate surface area is 118 Å². The van der Waals surface area contributed by atoms with Crippen molar-refractivity contribution < 1.29 is 9.13 Å². The number of halogens is 2. The average Bonchev–Trinajstić information content (AvgIpc) is 2.39. The van der Waals surface area contributed by atoms with Gasteiger partial charge < -0.3 is 4.74 Å². The predicted octanol–water partition coefficient (Wildman–Crippen LogP) is 4.85. The van der Waals surface area contributed by atoms with Gasteiger partial charge >= 0.3 is 0 Å². The van der Waals surface area contributed by atoms with E-state index in [4.69, 9.17) is 4.74 Å². The smallest absolute Gasteiger partial charge is 0.123 e. The fraction of sp³-hybridized carbons (Fsp3) is 0.0769. The fourth-order valence-electron chi connectivity index (χ4n) is 1.32. The quantitative estimate of drug-likeness (QED) is 0.572. The van der Waals surface area contributed by atoms with Crippen molar-refractivity contribution in [3.63, 3.8) is 0 Å². The molecule has 0 aliphatic rings. The fourth-order valence-corrected chi connectivity index (χ4v) is 1.91. The van der Waals surface area contributed by atoms with Gasteiger partial charge in [0.1, 0.15) is 11.6 Å². The Morgan fingerprint density at radius 3 is 2.39 bits per heavy atom. The molecule has 0 saturated heterocycles. The third-order valence-corrected chi connectivity index (χ3v) is 3.12. The average molecular weight is 356 g/mol. The molecule has 0 atom stereocenters. The van der Waals surface area contributed by atoms with E-state index in [1.165, 1.54) is 12.1 Å². The summed E-state index contributed by atoms with van der Waals surface area (Å²) in [6, 6.07) is 11.4. The molecule has 0 N–H and O–H groups in total. The minimum atomic E-state index is -0.284. The van der Waals surface area contributed by atoms with Crippen LogP contribution in [0.4, 0.5) is 15.8 Å². The van der Waals surface area contributed by atoms with Gasteiger partial charge in [-0.1, -0.05) is 0 Å². The number of hydrogen-bond donors (Lipinski definition) is 0. The van der Waals surface area contributed by atoms with Gasteiger partial charge in [0.2, 0.25) is 0 Å². The van der Waals surface area contributed by atoms with Crippen LogP contribution < -0.4 is 4.74 Å². The van der Waals surface area contributed by atoms with Gasteiger partial charge in [-0.2, -0.15) is 5.11 Å². The van der Waals surface area contributed by atoms with Crippen LogP contribution in [-0.2, 0) is 0 Å². The Morgan fingerprint density at radius 1 is 1.06 bits per heavy atom. The first-order chi connectivity index (χ1) is 8.69. The third-order valence-electron chi connectivity index (χ3n) is 2.25. The third kappa shape index (κ3) is 3.25. The van der Waals surface area contributed by atoms with Gasteiger partial charge in [-0.25, -0.2) is 4.39 Å². The van der Waals surface area contributed by atoms with Crippen LogP contribution in [0.5, 0.6) is 5.75 Å². The normalized spacial score (nSPS) is 10.8. The van der Waals surface area contributed by atoms with Crippen molar-refractivity contribution in [1.29, 1.82) is 0 Å². The van der Waals surface area contributed by atoms with Crippen molar-refractivity contribution >= 4 is 34.0 Å². The highest BCUT2D eigenvalue weighted by atomic mass is 127. The SMILES string of the molecule is COc1ccc(N=Nc2ccc(F)cc2)c(I)c1. The maximum Gasteiger partial charge on any atom is 0.123 e. The van der Waals surface area contributed by atoms with Crippen molar-refractivity contribution in [3.05, 3.63) is 51.9 Å². The van der Waals surface area contributed by atoms with E-state index >= 15 is 0 Å². The molecule has 0 heterocycles. The zero-order valence-electron chi connectivity index (χ0n) is 9.60. The monoisotopic (exact) mass is 356 g/mol. The lowest BCUT2D eigenvalue weighted by Crippen LogP contribution is -1.82. The Hall–Kier alpha value is -1.50. The van der Waals surface area contributed by atoms with E-state index in [0.717, 1.165) is 15.0 Å². The van der Waals surface area contributed by atoms with Crippen molar-refractivity contribution in [3.8, 4) is 5.75 Å². The molecule has 0 unspecified atom stereocenters. The van der Waals surface area contributed by atoms with E-state index < -0.39 is 0 Å². The summed E-state index contributed by atoms with van der Waals surface area (Å²) in [7, 11) is 1.62. The Balaban J connectivity index is 2.20. The van der Waals surface area contributed by atoms with Gasteiger partial charge in [0.15, 0.2) is 0 Å². The van der Waals surface area contributed by atoms with E-state index in [1.54, 1.807) is 19.2 Å². The van der Waals surface area contributed by atoms with Crippen LogP contribution >= 0.6 is 22.6 Å². The number of ether oxygens (including phenoxy) is 1. The number of nitrogens with zero attached hydrogens (tertiary/aromatic N) is 2. The number of hydrogen-bond acceptors (Lipinski definition) is 3. The van der Waals surface area contributed by atoms with E-state index in [9.17, 15) is 4.39 Å². The highest BCUT2D eigenvalue weighted by molar-refractivity contribution is 14.1. The molecule has 5 heteroatoms. The second kappa shape index (κ2) is 5.90. The van der Waals surface area contributed by atoms with Crippen molar-refractivity contribution in [2.24, 2.45) is 10.2 Å². The first kappa shape index (κ1) is 12.9. The molecule has 0 fully saturated rings. The van der Waals surface area contributed by atoms with Crippen LogP contribution in [-0.4, -0.2) is 7.11 Å². The van der Waals surface area contributed by atoms with Gasteiger partial charge in [0, 0.05) is 3.57 Å². The lowest BCUT2D eigenvalue weighted by Gasteiger charge is -2.01. The largest absolute Gasteiger partial charge is 0.497 e. The molecular formula is C13H10FIN2O. The number of methoxy groups -OCH3 is 1. The number of rotatable bonds is 3. The molecule has 0 spiro atoms. The second-order valence-electron chi connectivity index (χ2n) is 3.49. The zero-order chi connectivity index (χ0) is 13.0. The molecule has 0 aliphatic carbocycles. The Bertz CT molecular complexity index is 570. The lowest BCUT2D eigenvalue weighted by molar-refractivity contribution is 0.414. The van der Waals surface area contributed by atoms with Gasteiger partial charge in [0.25, 0.3) is 0 Å². The summed E-state index contributed by atoms with van der Waals surface area (Å²) in [6.45, 7) is 0. The lowest BCUT2D eigenvalue weighted by atomic mass is 10.3. The van der Waals surface area contributed by atoms with Crippen molar-refractivity contribution in [1.82, 2.24) is 0 Å². The van der Waals surface area contributed by atoms with E-state index in [-0.39, 0.29) is 5.82 Å². The van der Waals surface area contributed by atoms with Crippen LogP contribution in [0.15, 0.2) is 52.7 Å². The van der Waals surface area contributed by atoms with Crippen molar-refractivity contribution in [2.75, 3.05) is 7.11 Å². The molecule has 2 aromatic rings. The molecule has 0 radical (unpaired) electrons. The summed E-state index contributed by atoms with van der Waals surface area (Å²) in [5.74, 6) is 0.494. The first-order valence-electron chi connectivity index (χ1n) is 5.20. The molecular weight excluding hydrogens is 346 g/mol. The maximum absolute atomic E-state index is 12.7. The molecule has 0 bridgehead atoms. The van der Waals surface area contributed by atoms with Crippen LogP contribution in [0, 0.1) is 9.39 Å². The van der Waals surface area contributed by atoms with E-state index in [0.29, 0.717) is 5.69 Å². The maximum atomic E-state index is 12.7. The molecule has 3 nitrogen and oxygen atoms in total. The molecule has 18 heavy (non-hydrogen) atoms. The van der Waals surface area contributed by atoms with Crippen molar-refractivity contribution in [2.45, 2.75) is 0 Å². The number of azo groups is 1.